The fraction of sp³-hybridized carbons (Fsp3) is 0.950. The molecule has 1 radical (unpaired) electrons. The van der Waals surface area contributed by atoms with Gasteiger partial charge in [0.25, 0.3) is 0 Å². The minimum absolute atomic E-state index is 0. The van der Waals surface area contributed by atoms with Crippen LogP contribution in [0.25, 0.3) is 0 Å². The molecule has 0 aromatic heterocycles. The van der Waals surface area contributed by atoms with E-state index in [1.807, 2.05) is 0 Å². The molecule has 133 valence electrons. The second kappa shape index (κ2) is 7.22. The maximum Gasteiger partial charge on any atom is 0.135 e. The van der Waals surface area contributed by atoms with Gasteiger partial charge in [0, 0.05) is 50.0 Å². The number of fused-ring (bicyclic) bond motifs is 5. The molecule has 0 heterocycles. The summed E-state index contributed by atoms with van der Waals surface area (Å²) in [6, 6.07) is 0. The molecular formula is C20H32AcO3. The van der Waals surface area contributed by atoms with Crippen molar-refractivity contribution in [3.63, 3.8) is 0 Å². The van der Waals surface area contributed by atoms with Crippen molar-refractivity contribution >= 4 is 5.78 Å². The van der Waals surface area contributed by atoms with Gasteiger partial charge < -0.3 is 10.2 Å². The van der Waals surface area contributed by atoms with Crippen LogP contribution in [0.4, 0.5) is 0 Å². The fourth-order valence-corrected chi connectivity index (χ4v) is 7.23. The van der Waals surface area contributed by atoms with Gasteiger partial charge in [-0.05, 0) is 93.3 Å². The van der Waals surface area contributed by atoms with Gasteiger partial charge in [-0.15, -0.1) is 0 Å². The smallest absolute Gasteiger partial charge is 0.135 e. The van der Waals surface area contributed by atoms with Gasteiger partial charge in [0.15, 0.2) is 0 Å². The molecule has 0 aromatic carbocycles. The number of hydrogen-bond acceptors (Lipinski definition) is 3. The van der Waals surface area contributed by atoms with E-state index in [1.165, 1.54) is 25.7 Å². The minimum atomic E-state index is -0.410. The summed E-state index contributed by atoms with van der Waals surface area (Å²) in [4.78, 5) is 11.9. The van der Waals surface area contributed by atoms with E-state index in [0.29, 0.717) is 17.8 Å². The Kier molecular flexibility index (Phi) is 5.95. The van der Waals surface area contributed by atoms with E-state index in [-0.39, 0.29) is 67.3 Å². The predicted octanol–water partition coefficient (Wildman–Crippen LogP) is 3.18. The zero-order valence-electron chi connectivity index (χ0n) is 15.2. The third-order valence-electron chi connectivity index (χ3n) is 8.53. The fourth-order valence-electron chi connectivity index (χ4n) is 7.23. The van der Waals surface area contributed by atoms with Crippen LogP contribution in [-0.4, -0.2) is 28.2 Å². The van der Waals surface area contributed by atoms with Crippen molar-refractivity contribution in [1.82, 2.24) is 0 Å². The van der Waals surface area contributed by atoms with Crippen LogP contribution in [-0.2, 0) is 4.79 Å². The molecule has 0 saturated heterocycles. The normalized spacial score (nSPS) is 53.3. The van der Waals surface area contributed by atoms with Crippen LogP contribution in [0, 0.1) is 85.0 Å². The van der Waals surface area contributed by atoms with Crippen molar-refractivity contribution < 1.29 is 59.1 Å². The van der Waals surface area contributed by atoms with Crippen molar-refractivity contribution in [2.45, 2.75) is 77.4 Å². The Labute approximate surface area is 181 Å². The Morgan fingerprint density at radius 1 is 0.958 bits per heavy atom. The van der Waals surface area contributed by atoms with E-state index >= 15 is 0 Å². The second-order valence-electron chi connectivity index (χ2n) is 9.33. The molecule has 4 fully saturated rings. The van der Waals surface area contributed by atoms with Gasteiger partial charge in [-0.1, -0.05) is 6.92 Å². The van der Waals surface area contributed by atoms with Gasteiger partial charge in [0.1, 0.15) is 5.78 Å². The Morgan fingerprint density at radius 3 is 2.42 bits per heavy atom. The largest absolute Gasteiger partial charge is 0.393 e. The first-order chi connectivity index (χ1) is 10.9. The van der Waals surface area contributed by atoms with Crippen LogP contribution in [0.1, 0.15) is 65.2 Å². The van der Waals surface area contributed by atoms with Gasteiger partial charge in [0.2, 0.25) is 0 Å². The van der Waals surface area contributed by atoms with Crippen LogP contribution in [0.2, 0.25) is 0 Å². The number of carbonyl (C=O) groups excluding carboxylic acids is 1. The van der Waals surface area contributed by atoms with Crippen molar-refractivity contribution in [1.29, 1.82) is 0 Å². The molecule has 24 heavy (non-hydrogen) atoms. The number of Topliss-reactive ketones (excluding diaryl/α,β-unsaturated/α-hetero) is 1. The van der Waals surface area contributed by atoms with E-state index in [9.17, 15) is 15.0 Å². The maximum absolute atomic E-state index is 11.9. The van der Waals surface area contributed by atoms with Gasteiger partial charge >= 0.3 is 0 Å². The van der Waals surface area contributed by atoms with Crippen LogP contribution in [0.5, 0.6) is 0 Å². The zero-order chi connectivity index (χ0) is 16.4. The molecule has 4 heteroatoms. The first kappa shape index (κ1) is 19.8. The van der Waals surface area contributed by atoms with E-state index in [1.54, 1.807) is 6.92 Å². The molecule has 0 bridgehead atoms. The summed E-state index contributed by atoms with van der Waals surface area (Å²) in [5, 5.41) is 20.8. The van der Waals surface area contributed by atoms with Crippen molar-refractivity contribution in [3.05, 3.63) is 0 Å². The number of hydrogen-bond donors (Lipinski definition) is 2. The van der Waals surface area contributed by atoms with Gasteiger partial charge in [-0.25, -0.2) is 0 Å². The molecule has 0 aliphatic heterocycles. The second-order valence-corrected chi connectivity index (χ2v) is 9.33. The zero-order valence-corrected chi connectivity index (χ0v) is 19.9. The topological polar surface area (TPSA) is 57.5 Å². The summed E-state index contributed by atoms with van der Waals surface area (Å²) in [5.41, 5.74) is 0.141. The molecule has 4 aliphatic carbocycles. The Morgan fingerprint density at radius 2 is 1.71 bits per heavy atom. The molecule has 0 spiro atoms. The number of aliphatic hydroxyl groups excluding tert-OH is 2. The molecule has 0 amide bonds. The summed E-state index contributed by atoms with van der Waals surface area (Å²) in [6.45, 7) is 3.97. The van der Waals surface area contributed by atoms with E-state index < -0.39 is 6.10 Å². The first-order valence-corrected chi connectivity index (χ1v) is 9.78. The number of ketones is 1. The Bertz CT molecular complexity index is 495. The molecule has 4 rings (SSSR count). The third-order valence-corrected chi connectivity index (χ3v) is 8.53. The number of rotatable bonds is 1. The average molecular weight is 547 g/mol. The number of carbonyl (C=O) groups is 1. The standard InChI is InChI=1S/C20H32O3.Ac/c1-11(21)15-10-16-12(9-18(15)22)3-4-14-13(16)7-8-20(2)17(14)5-6-19(20)23;/h12-19,22-23H,3-10H2,1-2H3;/t12?,13?,14?,15?,16?,17?,18?,19-,20-;/m0./s1. The predicted molar refractivity (Wildman–Crippen MR) is 88.7 cm³/mol. The quantitative estimate of drug-likeness (QED) is 0.531. The van der Waals surface area contributed by atoms with Crippen molar-refractivity contribution in [2.75, 3.05) is 0 Å². The minimum Gasteiger partial charge on any atom is -0.393 e. The average Bonchev–Trinajstić information content (AvgIpc) is 2.81. The molecular weight excluding hydrogens is 515 g/mol. The summed E-state index contributed by atoms with van der Waals surface area (Å²) in [7, 11) is 0. The van der Waals surface area contributed by atoms with Gasteiger partial charge in [-0.3, -0.25) is 4.79 Å². The first-order valence-electron chi connectivity index (χ1n) is 9.78. The molecule has 4 saturated carbocycles. The summed E-state index contributed by atoms with van der Waals surface area (Å²) >= 11 is 0. The van der Waals surface area contributed by atoms with Crippen LogP contribution in [0.15, 0.2) is 0 Å². The Hall–Kier alpha value is 1.03. The van der Waals surface area contributed by atoms with Gasteiger partial charge in [0.05, 0.1) is 12.2 Å². The number of aliphatic hydroxyl groups is 2. The monoisotopic (exact) mass is 547 g/mol. The summed E-state index contributed by atoms with van der Waals surface area (Å²) in [5.74, 6) is 3.46. The SMILES string of the molecule is CC(=O)C1CC2C(CCC3C2CC[C@@]2(C)C3CC[C@@H]2O)CC1O.[Ac]. The molecule has 3 nitrogen and oxygen atoms in total. The van der Waals surface area contributed by atoms with E-state index in [0.717, 1.165) is 37.5 Å². The van der Waals surface area contributed by atoms with Crippen molar-refractivity contribution in [3.8, 4) is 0 Å². The molecule has 0 aromatic rings. The molecule has 2 N–H and O–H groups in total. The van der Waals surface area contributed by atoms with E-state index in [4.69, 9.17) is 0 Å². The van der Waals surface area contributed by atoms with Gasteiger partial charge in [-0.2, -0.15) is 0 Å². The van der Waals surface area contributed by atoms with E-state index in [2.05, 4.69) is 6.92 Å². The third kappa shape index (κ3) is 3.00. The van der Waals surface area contributed by atoms with Crippen LogP contribution in [0.3, 0.4) is 0 Å². The maximum atomic E-state index is 11.9. The summed E-state index contributed by atoms with van der Waals surface area (Å²) in [6.07, 6.45) is 8.26. The van der Waals surface area contributed by atoms with Crippen molar-refractivity contribution in [2.24, 2.45) is 40.9 Å². The summed E-state index contributed by atoms with van der Waals surface area (Å²) < 4.78 is 0. The van der Waals surface area contributed by atoms with Crippen LogP contribution < -0.4 is 0 Å². The molecule has 9 atom stereocenters. The van der Waals surface area contributed by atoms with Crippen LogP contribution >= 0.6 is 0 Å². The molecule has 4 aliphatic rings. The Balaban J connectivity index is 0.00000169. The molecule has 7 unspecified atom stereocenters.